The molecule has 0 spiro atoms. The molecule has 3 nitrogen and oxygen atoms in total. The maximum absolute atomic E-state index is 12.7. The van der Waals surface area contributed by atoms with Crippen LogP contribution in [0.25, 0.3) is 31.2 Å². The maximum Gasteiger partial charge on any atom is 0.471 e. The molecule has 0 saturated heterocycles. The van der Waals surface area contributed by atoms with Gasteiger partial charge in [-0.05, 0) is 17.5 Å². The molecule has 0 aliphatic rings. The number of carbonyl (C=O) groups excluding carboxylic acids is 1. The van der Waals surface area contributed by atoms with Crippen LogP contribution in [-0.2, 0) is 4.79 Å². The van der Waals surface area contributed by atoms with Gasteiger partial charge in [0.15, 0.2) is 0 Å². The highest BCUT2D eigenvalue weighted by Crippen LogP contribution is 2.42. The molecule has 8 heteroatoms. The quantitative estimate of drug-likeness (QED) is 0.442. The summed E-state index contributed by atoms with van der Waals surface area (Å²) in [6, 6.07) is 18.6. The van der Waals surface area contributed by atoms with E-state index in [-0.39, 0.29) is 5.00 Å². The Labute approximate surface area is 160 Å². The van der Waals surface area contributed by atoms with Gasteiger partial charge in [-0.2, -0.15) is 13.2 Å². The Bertz CT molecular complexity index is 1080. The van der Waals surface area contributed by atoms with Crippen molar-refractivity contribution in [3.05, 3.63) is 60.7 Å². The molecule has 4 aromatic rings. The van der Waals surface area contributed by atoms with E-state index in [1.54, 1.807) is 30.3 Å². The first-order valence-electron chi connectivity index (χ1n) is 7.85. The first-order chi connectivity index (χ1) is 12.9. The van der Waals surface area contributed by atoms with Crippen LogP contribution in [0.4, 0.5) is 18.2 Å². The van der Waals surface area contributed by atoms with Crippen molar-refractivity contribution in [1.29, 1.82) is 0 Å². The van der Waals surface area contributed by atoms with Gasteiger partial charge in [0, 0.05) is 10.3 Å². The van der Waals surface area contributed by atoms with Crippen LogP contribution in [0.3, 0.4) is 0 Å². The summed E-state index contributed by atoms with van der Waals surface area (Å²) in [4.78, 5) is 16.8. The minimum Gasteiger partial charge on any atom is -0.308 e. The lowest BCUT2D eigenvalue weighted by Crippen LogP contribution is -2.29. The number of aromatic nitrogens is 1. The predicted molar refractivity (Wildman–Crippen MR) is 103 cm³/mol. The van der Waals surface area contributed by atoms with Crippen molar-refractivity contribution in [3.8, 4) is 21.1 Å². The molecule has 1 amide bonds. The monoisotopic (exact) mass is 404 g/mol. The van der Waals surface area contributed by atoms with E-state index >= 15 is 0 Å². The fourth-order valence-corrected chi connectivity index (χ4v) is 4.65. The summed E-state index contributed by atoms with van der Waals surface area (Å²) in [5.41, 5.74) is 0.962. The van der Waals surface area contributed by atoms with E-state index in [1.165, 1.54) is 11.3 Å². The molecule has 0 unspecified atom stereocenters. The van der Waals surface area contributed by atoms with Crippen molar-refractivity contribution in [2.75, 3.05) is 5.32 Å². The van der Waals surface area contributed by atoms with Gasteiger partial charge >= 0.3 is 12.1 Å². The lowest BCUT2D eigenvalue weighted by Gasteiger charge is -2.07. The lowest BCUT2D eigenvalue weighted by molar-refractivity contribution is -0.167. The molecule has 0 atom stereocenters. The van der Waals surface area contributed by atoms with E-state index in [0.29, 0.717) is 16.3 Å². The molecular formula is C19H11F3N2OS2. The topological polar surface area (TPSA) is 42.0 Å². The van der Waals surface area contributed by atoms with Gasteiger partial charge < -0.3 is 5.32 Å². The Morgan fingerprint density at radius 1 is 0.963 bits per heavy atom. The fourth-order valence-electron chi connectivity index (χ4n) is 2.56. The normalized spacial score (nSPS) is 11.7. The zero-order chi connectivity index (χ0) is 19.0. The van der Waals surface area contributed by atoms with E-state index in [0.717, 1.165) is 26.3 Å². The van der Waals surface area contributed by atoms with Crippen LogP contribution < -0.4 is 5.32 Å². The molecule has 0 bridgehead atoms. The molecule has 0 fully saturated rings. The summed E-state index contributed by atoms with van der Waals surface area (Å²) in [6.45, 7) is 0. The number of fused-ring (bicyclic) bond motifs is 1. The van der Waals surface area contributed by atoms with E-state index in [2.05, 4.69) is 4.98 Å². The van der Waals surface area contributed by atoms with Gasteiger partial charge in [-0.3, -0.25) is 4.79 Å². The molecule has 0 saturated carbocycles. The van der Waals surface area contributed by atoms with Crippen molar-refractivity contribution >= 4 is 43.7 Å². The van der Waals surface area contributed by atoms with Gasteiger partial charge in [-0.25, -0.2) is 4.98 Å². The second kappa shape index (κ2) is 6.79. The van der Waals surface area contributed by atoms with Crippen molar-refractivity contribution in [2.24, 2.45) is 0 Å². The Morgan fingerprint density at radius 2 is 1.67 bits per heavy atom. The van der Waals surface area contributed by atoms with Crippen molar-refractivity contribution < 1.29 is 18.0 Å². The molecule has 2 aromatic carbocycles. The van der Waals surface area contributed by atoms with E-state index in [1.807, 2.05) is 35.6 Å². The van der Waals surface area contributed by atoms with Crippen LogP contribution in [0.15, 0.2) is 60.7 Å². The van der Waals surface area contributed by atoms with Gasteiger partial charge in [-0.15, -0.1) is 11.3 Å². The number of alkyl halides is 3. The molecule has 0 aliphatic carbocycles. The van der Waals surface area contributed by atoms with Crippen LogP contribution in [0.2, 0.25) is 0 Å². The largest absolute Gasteiger partial charge is 0.471 e. The standard InChI is InChI=1S/C19H11F3N2OS2/c20-19(21,22)18(25)24-17-15(11-6-2-1-3-7-11)23-16(27-17)14-10-12-8-4-5-9-13(12)26-14/h1-10H,(H,24,25). The summed E-state index contributed by atoms with van der Waals surface area (Å²) in [7, 11) is 0. The average molecular weight is 404 g/mol. The van der Waals surface area contributed by atoms with E-state index < -0.39 is 12.1 Å². The SMILES string of the molecule is O=C(Nc1sc(-c2cc3ccccc3s2)nc1-c1ccccc1)C(F)(F)F. The number of halogens is 3. The van der Waals surface area contributed by atoms with Gasteiger partial charge in [0.2, 0.25) is 0 Å². The van der Waals surface area contributed by atoms with Crippen molar-refractivity contribution in [2.45, 2.75) is 6.18 Å². The number of amides is 1. The maximum atomic E-state index is 12.7. The van der Waals surface area contributed by atoms with Gasteiger partial charge in [0.05, 0.1) is 4.88 Å². The number of nitrogens with zero attached hydrogens (tertiary/aromatic N) is 1. The molecule has 4 rings (SSSR count). The van der Waals surface area contributed by atoms with Crippen LogP contribution in [-0.4, -0.2) is 17.1 Å². The van der Waals surface area contributed by atoms with Crippen LogP contribution in [0.1, 0.15) is 0 Å². The zero-order valence-electron chi connectivity index (χ0n) is 13.6. The summed E-state index contributed by atoms with van der Waals surface area (Å²) in [5.74, 6) is -2.01. The average Bonchev–Trinajstić information content (AvgIpc) is 3.25. The van der Waals surface area contributed by atoms with Crippen LogP contribution >= 0.6 is 22.7 Å². The summed E-state index contributed by atoms with van der Waals surface area (Å²) < 4.78 is 39.2. The minimum atomic E-state index is -4.96. The number of anilines is 1. The third-order valence-electron chi connectivity index (χ3n) is 3.80. The number of rotatable bonds is 3. The number of hydrogen-bond acceptors (Lipinski definition) is 4. The van der Waals surface area contributed by atoms with Crippen LogP contribution in [0, 0.1) is 0 Å². The predicted octanol–water partition coefficient (Wildman–Crippen LogP) is 6.19. The number of hydrogen-bond donors (Lipinski definition) is 1. The number of thiazole rings is 1. The van der Waals surface area contributed by atoms with Gasteiger partial charge in [0.1, 0.15) is 15.7 Å². The fraction of sp³-hybridized carbons (Fsp3) is 0.0526. The first kappa shape index (κ1) is 17.7. The second-order valence-electron chi connectivity index (χ2n) is 5.66. The number of benzene rings is 2. The summed E-state index contributed by atoms with van der Waals surface area (Å²) in [6.07, 6.45) is -4.96. The Hall–Kier alpha value is -2.71. The second-order valence-corrected chi connectivity index (χ2v) is 7.75. The Balaban J connectivity index is 1.80. The van der Waals surface area contributed by atoms with Crippen molar-refractivity contribution in [1.82, 2.24) is 4.98 Å². The molecule has 0 aliphatic heterocycles. The molecule has 136 valence electrons. The molecule has 27 heavy (non-hydrogen) atoms. The summed E-state index contributed by atoms with van der Waals surface area (Å²) >= 11 is 2.54. The molecule has 1 N–H and O–H groups in total. The highest BCUT2D eigenvalue weighted by molar-refractivity contribution is 7.27. The summed E-state index contributed by atoms with van der Waals surface area (Å²) in [5, 5.41) is 3.65. The first-order valence-corrected chi connectivity index (χ1v) is 9.48. The minimum absolute atomic E-state index is 0.0796. The van der Waals surface area contributed by atoms with E-state index in [9.17, 15) is 18.0 Å². The van der Waals surface area contributed by atoms with E-state index in [4.69, 9.17) is 0 Å². The zero-order valence-corrected chi connectivity index (χ0v) is 15.2. The molecule has 2 heterocycles. The van der Waals surface area contributed by atoms with Crippen LogP contribution in [0.5, 0.6) is 0 Å². The molecular weight excluding hydrogens is 393 g/mol. The molecule has 2 aromatic heterocycles. The number of thiophene rings is 1. The third kappa shape index (κ3) is 3.58. The number of nitrogens with one attached hydrogen (secondary N) is 1. The number of carbonyl (C=O) groups is 1. The van der Waals surface area contributed by atoms with Gasteiger partial charge in [0.25, 0.3) is 0 Å². The highest BCUT2D eigenvalue weighted by atomic mass is 32.1. The molecule has 0 radical (unpaired) electrons. The van der Waals surface area contributed by atoms with Gasteiger partial charge in [-0.1, -0.05) is 59.9 Å². The highest BCUT2D eigenvalue weighted by Gasteiger charge is 2.39. The lowest BCUT2D eigenvalue weighted by atomic mass is 10.1. The van der Waals surface area contributed by atoms with Crippen molar-refractivity contribution in [3.63, 3.8) is 0 Å². The Kier molecular flexibility index (Phi) is 4.45. The smallest absolute Gasteiger partial charge is 0.308 e. The third-order valence-corrected chi connectivity index (χ3v) is 6.05. The Morgan fingerprint density at radius 3 is 2.37 bits per heavy atom.